The molecule has 0 aliphatic carbocycles. The Hall–Kier alpha value is -2.24. The fraction of sp³-hybridized carbons (Fsp3) is 0.429. The van der Waals surface area contributed by atoms with Crippen LogP contribution in [0.15, 0.2) is 42.5 Å². The van der Waals surface area contributed by atoms with E-state index in [2.05, 4.69) is 4.90 Å². The molecule has 3 rings (SSSR count). The van der Waals surface area contributed by atoms with Crippen LogP contribution in [0.4, 0.5) is 0 Å². The van der Waals surface area contributed by atoms with Crippen LogP contribution in [-0.4, -0.2) is 43.5 Å². The lowest BCUT2D eigenvalue weighted by Gasteiger charge is -2.26. The minimum atomic E-state index is 0.241. The number of phenols is 1. The summed E-state index contributed by atoms with van der Waals surface area (Å²) in [4.78, 5) is 2.30. The summed E-state index contributed by atoms with van der Waals surface area (Å²) >= 11 is 0. The maximum absolute atomic E-state index is 10.2. The van der Waals surface area contributed by atoms with Gasteiger partial charge < -0.3 is 19.3 Å². The minimum absolute atomic E-state index is 0.241. The van der Waals surface area contributed by atoms with Gasteiger partial charge in [-0.1, -0.05) is 24.3 Å². The molecule has 2 aromatic carbocycles. The molecule has 0 unspecified atom stereocenters. The number of methoxy groups -OCH3 is 2. The Kier molecular flexibility index (Phi) is 6.36. The van der Waals surface area contributed by atoms with E-state index in [-0.39, 0.29) is 6.10 Å². The lowest BCUT2D eigenvalue weighted by atomic mass is 10.1. The van der Waals surface area contributed by atoms with E-state index >= 15 is 0 Å². The second-order valence-electron chi connectivity index (χ2n) is 6.61. The zero-order chi connectivity index (χ0) is 18.4. The number of benzene rings is 2. The fourth-order valence-electron chi connectivity index (χ4n) is 3.37. The Labute approximate surface area is 155 Å². The number of ether oxygens (including phenoxy) is 3. The SMILES string of the molecule is COc1ccc(CN(Cc2ccccc2O)C[C@H]2CCCO2)c(OC)c1. The molecule has 1 atom stereocenters. The molecule has 1 aliphatic rings. The molecule has 0 aromatic heterocycles. The Balaban J connectivity index is 1.79. The van der Waals surface area contributed by atoms with Crippen molar-refractivity contribution in [3.63, 3.8) is 0 Å². The van der Waals surface area contributed by atoms with Crippen molar-refractivity contribution in [3.05, 3.63) is 53.6 Å². The van der Waals surface area contributed by atoms with Crippen LogP contribution in [0.2, 0.25) is 0 Å². The third-order valence-corrected chi connectivity index (χ3v) is 4.76. The molecule has 26 heavy (non-hydrogen) atoms. The highest BCUT2D eigenvalue weighted by Crippen LogP contribution is 2.28. The number of para-hydroxylation sites is 1. The second kappa shape index (κ2) is 8.92. The number of phenolic OH excluding ortho intramolecular Hbond substituents is 1. The van der Waals surface area contributed by atoms with Crippen molar-refractivity contribution in [1.29, 1.82) is 0 Å². The van der Waals surface area contributed by atoms with E-state index in [4.69, 9.17) is 14.2 Å². The molecule has 1 heterocycles. The highest BCUT2D eigenvalue weighted by molar-refractivity contribution is 5.41. The number of hydrogen-bond donors (Lipinski definition) is 1. The van der Waals surface area contributed by atoms with E-state index in [9.17, 15) is 5.11 Å². The van der Waals surface area contributed by atoms with E-state index in [1.165, 1.54) is 0 Å². The van der Waals surface area contributed by atoms with Crippen molar-refractivity contribution in [2.24, 2.45) is 0 Å². The lowest BCUT2D eigenvalue weighted by molar-refractivity contribution is 0.0673. The Morgan fingerprint density at radius 3 is 2.58 bits per heavy atom. The first kappa shape index (κ1) is 18.5. The van der Waals surface area contributed by atoms with Crippen molar-refractivity contribution < 1.29 is 19.3 Å². The van der Waals surface area contributed by atoms with E-state index in [0.29, 0.717) is 18.8 Å². The number of hydrogen-bond acceptors (Lipinski definition) is 5. The molecule has 0 spiro atoms. The topological polar surface area (TPSA) is 51.2 Å². The summed E-state index contributed by atoms with van der Waals surface area (Å²) in [5.74, 6) is 1.91. The van der Waals surface area contributed by atoms with Crippen molar-refractivity contribution in [2.45, 2.75) is 32.0 Å². The third-order valence-electron chi connectivity index (χ3n) is 4.76. The smallest absolute Gasteiger partial charge is 0.127 e. The lowest BCUT2D eigenvalue weighted by Crippen LogP contribution is -2.31. The summed E-state index contributed by atoms with van der Waals surface area (Å²) in [5.41, 5.74) is 2.00. The number of nitrogens with zero attached hydrogens (tertiary/aromatic N) is 1. The molecular formula is C21H27NO4. The second-order valence-corrected chi connectivity index (χ2v) is 6.61. The van der Waals surface area contributed by atoms with Crippen molar-refractivity contribution in [3.8, 4) is 17.2 Å². The molecule has 0 bridgehead atoms. The summed E-state index contributed by atoms with van der Waals surface area (Å²) in [6.45, 7) is 3.02. The van der Waals surface area contributed by atoms with Gasteiger partial charge in [-0.3, -0.25) is 4.90 Å². The number of aromatic hydroxyl groups is 1. The maximum Gasteiger partial charge on any atom is 0.127 e. The van der Waals surface area contributed by atoms with Gasteiger partial charge in [-0.15, -0.1) is 0 Å². The van der Waals surface area contributed by atoms with Gasteiger partial charge in [-0.05, 0) is 25.0 Å². The normalized spacial score (nSPS) is 16.8. The number of rotatable bonds is 8. The monoisotopic (exact) mass is 357 g/mol. The van der Waals surface area contributed by atoms with Crippen LogP contribution in [0.1, 0.15) is 24.0 Å². The van der Waals surface area contributed by atoms with Gasteiger partial charge in [0.2, 0.25) is 0 Å². The Bertz CT molecular complexity index is 713. The standard InChI is InChI=1S/C21H27NO4/c1-24-18-10-9-17(21(12-18)25-2)14-22(15-19-7-5-11-26-19)13-16-6-3-4-8-20(16)23/h3-4,6,8-10,12,19,23H,5,7,11,13-15H2,1-2H3/t19-/m1/s1. The van der Waals surface area contributed by atoms with Crippen LogP contribution in [0, 0.1) is 0 Å². The third kappa shape index (κ3) is 4.68. The highest BCUT2D eigenvalue weighted by Gasteiger charge is 2.21. The molecule has 1 saturated heterocycles. The minimum Gasteiger partial charge on any atom is -0.508 e. The molecule has 1 aliphatic heterocycles. The summed E-state index contributed by atoms with van der Waals surface area (Å²) in [5, 5.41) is 10.2. The highest BCUT2D eigenvalue weighted by atomic mass is 16.5. The van der Waals surface area contributed by atoms with Crippen molar-refractivity contribution in [1.82, 2.24) is 4.90 Å². The van der Waals surface area contributed by atoms with Crippen LogP contribution in [0.5, 0.6) is 17.2 Å². The zero-order valence-corrected chi connectivity index (χ0v) is 15.5. The summed E-state index contributed by atoms with van der Waals surface area (Å²) in [6.07, 6.45) is 2.43. The predicted octanol–water partition coefficient (Wildman–Crippen LogP) is 3.59. The first-order valence-electron chi connectivity index (χ1n) is 9.01. The fourth-order valence-corrected chi connectivity index (χ4v) is 3.37. The molecule has 5 nitrogen and oxygen atoms in total. The van der Waals surface area contributed by atoms with Crippen LogP contribution < -0.4 is 9.47 Å². The molecular weight excluding hydrogens is 330 g/mol. The van der Waals surface area contributed by atoms with Crippen molar-refractivity contribution in [2.75, 3.05) is 27.4 Å². The van der Waals surface area contributed by atoms with E-state index in [1.54, 1.807) is 20.3 Å². The molecule has 1 fully saturated rings. The quantitative estimate of drug-likeness (QED) is 0.782. The molecule has 2 aromatic rings. The maximum atomic E-state index is 10.2. The molecule has 5 heteroatoms. The van der Waals surface area contributed by atoms with Gasteiger partial charge in [-0.25, -0.2) is 0 Å². The molecule has 0 saturated carbocycles. The van der Waals surface area contributed by atoms with Crippen molar-refractivity contribution >= 4 is 0 Å². The van der Waals surface area contributed by atoms with Gasteiger partial charge in [0.1, 0.15) is 17.2 Å². The van der Waals surface area contributed by atoms with E-state index in [0.717, 1.165) is 48.6 Å². The van der Waals surface area contributed by atoms with Crippen LogP contribution >= 0.6 is 0 Å². The van der Waals surface area contributed by atoms with E-state index < -0.39 is 0 Å². The van der Waals surface area contributed by atoms with Gasteiger partial charge in [0.05, 0.1) is 20.3 Å². The molecule has 0 amide bonds. The predicted molar refractivity (Wildman–Crippen MR) is 101 cm³/mol. The van der Waals surface area contributed by atoms with Gasteiger partial charge in [0.15, 0.2) is 0 Å². The van der Waals surface area contributed by atoms with Crippen LogP contribution in [-0.2, 0) is 17.8 Å². The summed E-state index contributed by atoms with van der Waals surface area (Å²) in [6, 6.07) is 13.4. The Morgan fingerprint density at radius 1 is 1.08 bits per heavy atom. The molecule has 0 radical (unpaired) electrons. The summed E-state index contributed by atoms with van der Waals surface area (Å²) in [7, 11) is 3.32. The van der Waals surface area contributed by atoms with Crippen LogP contribution in [0.25, 0.3) is 0 Å². The largest absolute Gasteiger partial charge is 0.508 e. The van der Waals surface area contributed by atoms with E-state index in [1.807, 2.05) is 36.4 Å². The van der Waals surface area contributed by atoms with Gasteiger partial charge in [-0.2, -0.15) is 0 Å². The first-order chi connectivity index (χ1) is 12.7. The molecule has 1 N–H and O–H groups in total. The van der Waals surface area contributed by atoms with Crippen LogP contribution in [0.3, 0.4) is 0 Å². The average Bonchev–Trinajstić information content (AvgIpc) is 3.17. The van der Waals surface area contributed by atoms with Gasteiger partial charge in [0.25, 0.3) is 0 Å². The summed E-state index contributed by atoms with van der Waals surface area (Å²) < 4.78 is 16.7. The average molecular weight is 357 g/mol. The Morgan fingerprint density at radius 2 is 1.88 bits per heavy atom. The first-order valence-corrected chi connectivity index (χ1v) is 9.01. The van der Waals surface area contributed by atoms with Gasteiger partial charge >= 0.3 is 0 Å². The van der Waals surface area contributed by atoms with Gasteiger partial charge in [0, 0.05) is 43.4 Å². The zero-order valence-electron chi connectivity index (χ0n) is 15.5. The molecule has 140 valence electrons.